The first kappa shape index (κ1) is 18.0. The number of pyridine rings is 1. The van der Waals surface area contributed by atoms with Crippen LogP contribution in [0, 0.1) is 6.92 Å². The molecule has 1 saturated heterocycles. The number of halogens is 1. The van der Waals surface area contributed by atoms with Crippen LogP contribution < -0.4 is 5.32 Å². The molecular formula is C18H21ClN6O2. The molecule has 1 N–H and O–H groups in total. The van der Waals surface area contributed by atoms with Crippen LogP contribution in [0.4, 0.5) is 5.82 Å². The Balaban J connectivity index is 1.26. The highest BCUT2D eigenvalue weighted by molar-refractivity contribution is 6.30. The summed E-state index contributed by atoms with van der Waals surface area (Å²) in [5.74, 6) is 1.06. The van der Waals surface area contributed by atoms with Crippen LogP contribution in [0.5, 0.6) is 0 Å². The number of aryl methyl sites for hydroxylation is 1. The van der Waals surface area contributed by atoms with Crippen LogP contribution >= 0.6 is 11.6 Å². The number of piperazine rings is 1. The lowest BCUT2D eigenvalue weighted by atomic mass is 10.3. The zero-order chi connectivity index (χ0) is 18.8. The third kappa shape index (κ3) is 4.47. The van der Waals surface area contributed by atoms with Crippen molar-refractivity contribution in [2.45, 2.75) is 13.5 Å². The third-order valence-electron chi connectivity index (χ3n) is 4.58. The lowest BCUT2D eigenvalue weighted by molar-refractivity contribution is -0.117. The predicted octanol–water partition coefficient (Wildman–Crippen LogP) is 2.04. The molecule has 1 aliphatic rings. The van der Waals surface area contributed by atoms with Gasteiger partial charge in [-0.05, 0) is 19.1 Å². The topological polar surface area (TPSA) is 78.9 Å². The Hall–Kier alpha value is -2.42. The molecule has 0 bridgehead atoms. The average molecular weight is 389 g/mol. The summed E-state index contributed by atoms with van der Waals surface area (Å²) in [7, 11) is 0. The second-order valence-corrected chi connectivity index (χ2v) is 7.20. The molecule has 4 heterocycles. The smallest absolute Gasteiger partial charge is 0.239 e. The predicted molar refractivity (Wildman–Crippen MR) is 102 cm³/mol. The normalized spacial score (nSPS) is 16.1. The molecule has 1 aliphatic heterocycles. The number of anilines is 1. The van der Waals surface area contributed by atoms with E-state index in [9.17, 15) is 4.79 Å². The van der Waals surface area contributed by atoms with Crippen molar-refractivity contribution in [2.75, 3.05) is 38.0 Å². The first-order chi connectivity index (χ1) is 13.0. The number of fused-ring (bicyclic) bond motifs is 1. The third-order valence-corrected chi connectivity index (χ3v) is 4.80. The van der Waals surface area contributed by atoms with E-state index in [0.29, 0.717) is 23.1 Å². The Morgan fingerprint density at radius 3 is 2.74 bits per heavy atom. The van der Waals surface area contributed by atoms with E-state index in [0.717, 1.165) is 44.1 Å². The molecule has 0 radical (unpaired) electrons. The molecule has 1 fully saturated rings. The Morgan fingerprint density at radius 2 is 2.00 bits per heavy atom. The molecule has 3 aromatic rings. The van der Waals surface area contributed by atoms with Crippen molar-refractivity contribution < 1.29 is 9.32 Å². The average Bonchev–Trinajstić information content (AvgIpc) is 3.21. The van der Waals surface area contributed by atoms with Gasteiger partial charge in [-0.1, -0.05) is 16.8 Å². The van der Waals surface area contributed by atoms with Crippen LogP contribution in [-0.4, -0.2) is 63.0 Å². The van der Waals surface area contributed by atoms with Gasteiger partial charge in [0, 0.05) is 51.2 Å². The summed E-state index contributed by atoms with van der Waals surface area (Å²) in [5, 5.41) is 7.23. The van der Waals surface area contributed by atoms with E-state index in [1.807, 2.05) is 28.9 Å². The maximum atomic E-state index is 12.1. The van der Waals surface area contributed by atoms with Gasteiger partial charge in [0.2, 0.25) is 5.91 Å². The number of aromatic nitrogens is 3. The fourth-order valence-corrected chi connectivity index (χ4v) is 3.41. The number of amides is 1. The number of rotatable bonds is 5. The molecule has 0 atom stereocenters. The molecule has 9 heteroatoms. The lowest BCUT2D eigenvalue weighted by Crippen LogP contribution is -2.48. The van der Waals surface area contributed by atoms with Gasteiger partial charge >= 0.3 is 0 Å². The molecular weight excluding hydrogens is 368 g/mol. The number of hydrogen-bond donors (Lipinski definition) is 1. The molecule has 0 aromatic carbocycles. The van der Waals surface area contributed by atoms with Crippen molar-refractivity contribution in [3.05, 3.63) is 47.1 Å². The summed E-state index contributed by atoms with van der Waals surface area (Å²) in [5.41, 5.74) is 1.91. The van der Waals surface area contributed by atoms with Crippen molar-refractivity contribution in [1.82, 2.24) is 24.3 Å². The van der Waals surface area contributed by atoms with Crippen molar-refractivity contribution in [1.29, 1.82) is 0 Å². The van der Waals surface area contributed by atoms with Gasteiger partial charge in [-0.2, -0.15) is 0 Å². The van der Waals surface area contributed by atoms with E-state index in [1.54, 1.807) is 13.0 Å². The maximum absolute atomic E-state index is 12.1. The van der Waals surface area contributed by atoms with Crippen LogP contribution in [0.25, 0.3) is 5.65 Å². The molecule has 4 rings (SSSR count). The van der Waals surface area contributed by atoms with Gasteiger partial charge in [-0.3, -0.25) is 14.6 Å². The minimum Gasteiger partial charge on any atom is -0.360 e. The fraction of sp³-hybridized carbons (Fsp3) is 0.389. The molecule has 27 heavy (non-hydrogen) atoms. The Kier molecular flexibility index (Phi) is 5.11. The summed E-state index contributed by atoms with van der Waals surface area (Å²) in [4.78, 5) is 21.2. The second kappa shape index (κ2) is 7.67. The standard InChI is InChI=1S/C18H21ClN6O2/c1-13-8-16(22-27-13)21-18(26)12-24-6-4-23(5-7-24)10-15-11-25-9-14(19)2-3-17(25)20-15/h2-3,8-9,11H,4-7,10,12H2,1H3,(H,21,22,26). The van der Waals surface area contributed by atoms with E-state index >= 15 is 0 Å². The SMILES string of the molecule is Cc1cc(NC(=O)CN2CCN(Cc3cn4cc(Cl)ccc4n3)CC2)no1. The van der Waals surface area contributed by atoms with Crippen molar-refractivity contribution in [3.63, 3.8) is 0 Å². The second-order valence-electron chi connectivity index (χ2n) is 6.77. The fourth-order valence-electron chi connectivity index (χ4n) is 3.24. The molecule has 0 spiro atoms. The zero-order valence-corrected chi connectivity index (χ0v) is 15.8. The maximum Gasteiger partial charge on any atom is 0.239 e. The van der Waals surface area contributed by atoms with Gasteiger partial charge in [0.1, 0.15) is 11.4 Å². The van der Waals surface area contributed by atoms with Gasteiger partial charge in [0.15, 0.2) is 5.82 Å². The summed E-state index contributed by atoms with van der Waals surface area (Å²) >= 11 is 6.02. The molecule has 3 aromatic heterocycles. The quantitative estimate of drug-likeness (QED) is 0.720. The number of nitrogens with one attached hydrogen (secondary N) is 1. The van der Waals surface area contributed by atoms with Crippen molar-refractivity contribution in [2.24, 2.45) is 0 Å². The molecule has 0 unspecified atom stereocenters. The first-order valence-corrected chi connectivity index (χ1v) is 9.24. The van der Waals surface area contributed by atoms with E-state index in [-0.39, 0.29) is 5.91 Å². The van der Waals surface area contributed by atoms with Gasteiger partial charge in [-0.15, -0.1) is 0 Å². The summed E-state index contributed by atoms with van der Waals surface area (Å²) in [6.07, 6.45) is 3.88. The summed E-state index contributed by atoms with van der Waals surface area (Å²) in [6.45, 7) is 6.40. The number of nitrogens with zero attached hydrogens (tertiary/aromatic N) is 5. The largest absolute Gasteiger partial charge is 0.360 e. The summed E-state index contributed by atoms with van der Waals surface area (Å²) in [6, 6.07) is 5.47. The van der Waals surface area contributed by atoms with Gasteiger partial charge in [0.05, 0.1) is 17.3 Å². The van der Waals surface area contributed by atoms with E-state index in [1.165, 1.54) is 0 Å². The number of carbonyl (C=O) groups is 1. The highest BCUT2D eigenvalue weighted by Crippen LogP contribution is 2.14. The van der Waals surface area contributed by atoms with Gasteiger partial charge in [0.25, 0.3) is 0 Å². The van der Waals surface area contributed by atoms with E-state index in [2.05, 4.69) is 25.3 Å². The minimum absolute atomic E-state index is 0.0750. The van der Waals surface area contributed by atoms with Crippen LogP contribution in [0.1, 0.15) is 11.5 Å². The number of hydrogen-bond acceptors (Lipinski definition) is 6. The highest BCUT2D eigenvalue weighted by atomic mass is 35.5. The first-order valence-electron chi connectivity index (χ1n) is 8.86. The Bertz CT molecular complexity index is 944. The Labute approximate surface area is 161 Å². The molecule has 1 amide bonds. The zero-order valence-electron chi connectivity index (χ0n) is 15.1. The van der Waals surface area contributed by atoms with E-state index < -0.39 is 0 Å². The number of imidazole rings is 1. The molecule has 8 nitrogen and oxygen atoms in total. The Morgan fingerprint density at radius 1 is 1.22 bits per heavy atom. The molecule has 0 saturated carbocycles. The van der Waals surface area contributed by atoms with Gasteiger partial charge in [-0.25, -0.2) is 4.98 Å². The van der Waals surface area contributed by atoms with Crippen molar-refractivity contribution >= 4 is 29.0 Å². The van der Waals surface area contributed by atoms with Crippen LogP contribution in [0.15, 0.2) is 35.1 Å². The van der Waals surface area contributed by atoms with Gasteiger partial charge < -0.3 is 14.2 Å². The molecule has 0 aliphatic carbocycles. The molecule has 142 valence electrons. The lowest BCUT2D eigenvalue weighted by Gasteiger charge is -2.33. The minimum atomic E-state index is -0.0750. The van der Waals surface area contributed by atoms with E-state index in [4.69, 9.17) is 16.1 Å². The highest BCUT2D eigenvalue weighted by Gasteiger charge is 2.20. The van der Waals surface area contributed by atoms with Crippen LogP contribution in [-0.2, 0) is 11.3 Å². The number of carbonyl (C=O) groups excluding carboxylic acids is 1. The van der Waals surface area contributed by atoms with Crippen molar-refractivity contribution in [3.8, 4) is 0 Å². The summed E-state index contributed by atoms with van der Waals surface area (Å²) < 4.78 is 6.90. The monoisotopic (exact) mass is 388 g/mol. The van der Waals surface area contributed by atoms with Crippen LogP contribution in [0.2, 0.25) is 5.02 Å². The van der Waals surface area contributed by atoms with Crippen LogP contribution in [0.3, 0.4) is 0 Å².